The van der Waals surface area contributed by atoms with Crippen molar-refractivity contribution in [2.75, 3.05) is 12.4 Å². The van der Waals surface area contributed by atoms with Crippen LogP contribution in [-0.4, -0.2) is 73.7 Å². The number of carbonyl (C=O) groups excluding carboxylic acids is 3. The molecule has 0 bridgehead atoms. The number of ether oxygens (including phenoxy) is 4. The molecule has 0 aliphatic carbocycles. The second kappa shape index (κ2) is 12.4. The lowest BCUT2D eigenvalue weighted by Crippen LogP contribution is -2.57. The van der Waals surface area contributed by atoms with Gasteiger partial charge in [-0.25, -0.2) is 0 Å². The Kier molecular flexibility index (Phi) is 11.0. The topological polar surface area (TPSA) is 169 Å². The summed E-state index contributed by atoms with van der Waals surface area (Å²) in [5, 5.41) is 0. The lowest BCUT2D eigenvalue weighted by Gasteiger charge is -2.44. The maximum Gasteiger partial charge on any atom is 0.303 e. The highest BCUT2D eigenvalue weighted by atomic mass is 32.2. The predicted molar refractivity (Wildman–Crippen MR) is 108 cm³/mol. The highest BCUT2D eigenvalue weighted by Gasteiger charge is 2.48. The zero-order valence-electron chi connectivity index (χ0n) is 18.3. The fourth-order valence-electron chi connectivity index (χ4n) is 3.38. The molecule has 1 fully saturated rings. The van der Waals surface area contributed by atoms with Gasteiger partial charge >= 0.3 is 11.9 Å². The first-order chi connectivity index (χ1) is 14.4. The van der Waals surface area contributed by atoms with E-state index in [4.69, 9.17) is 29.2 Å². The number of Topliss-reactive ketones (excluding diaryl/α,β-unsaturated/α-hetero) is 1. The van der Waals surface area contributed by atoms with Crippen LogP contribution in [0.5, 0.6) is 0 Å². The Bertz CT molecular complexity index is 725. The standard InChI is InChI=1S/C19H33NO10S/c1-5-16-11(2)17(28-12(3)21)18(29-13(4)22)19(30-16)27-10-14(20)15(23)8-6-7-9-31(24,25)26/h11,14,16-19H,5-10,20H2,1-4H3,(H,24,25,26)/t11-,14+,16-,17+,18-,19?/m1/s1. The minimum absolute atomic E-state index is 0.0175. The molecule has 0 aromatic carbocycles. The van der Waals surface area contributed by atoms with Crippen molar-refractivity contribution in [2.24, 2.45) is 11.7 Å². The third-order valence-corrected chi connectivity index (χ3v) is 5.75. The summed E-state index contributed by atoms with van der Waals surface area (Å²) in [5.41, 5.74) is 5.87. The molecule has 1 heterocycles. The molecule has 0 aromatic rings. The number of unbranched alkanes of at least 4 members (excludes halogenated alkanes) is 1. The molecule has 0 amide bonds. The molecule has 0 aromatic heterocycles. The Morgan fingerprint density at radius 2 is 1.68 bits per heavy atom. The van der Waals surface area contributed by atoms with Gasteiger partial charge in [0, 0.05) is 26.2 Å². The van der Waals surface area contributed by atoms with Crippen LogP contribution in [0.25, 0.3) is 0 Å². The number of rotatable bonds is 12. The van der Waals surface area contributed by atoms with Crippen molar-refractivity contribution < 1.29 is 46.3 Å². The van der Waals surface area contributed by atoms with E-state index in [2.05, 4.69) is 0 Å². The van der Waals surface area contributed by atoms with Crippen LogP contribution in [0.2, 0.25) is 0 Å². The zero-order valence-corrected chi connectivity index (χ0v) is 19.1. The average Bonchev–Trinajstić information content (AvgIpc) is 2.65. The van der Waals surface area contributed by atoms with E-state index in [0.29, 0.717) is 6.42 Å². The van der Waals surface area contributed by atoms with Gasteiger partial charge in [0.2, 0.25) is 0 Å². The molecule has 0 saturated carbocycles. The van der Waals surface area contributed by atoms with E-state index in [-0.39, 0.29) is 43.7 Å². The first-order valence-electron chi connectivity index (χ1n) is 10.2. The van der Waals surface area contributed by atoms with Crippen molar-refractivity contribution in [1.29, 1.82) is 0 Å². The summed E-state index contributed by atoms with van der Waals surface area (Å²) in [6.07, 6.45) is -2.28. The highest BCUT2D eigenvalue weighted by molar-refractivity contribution is 7.85. The number of hydrogen-bond donors (Lipinski definition) is 2. The normalized spacial score (nSPS) is 27.4. The minimum Gasteiger partial charge on any atom is -0.458 e. The van der Waals surface area contributed by atoms with E-state index < -0.39 is 52.3 Å². The van der Waals surface area contributed by atoms with E-state index >= 15 is 0 Å². The van der Waals surface area contributed by atoms with E-state index in [9.17, 15) is 22.8 Å². The van der Waals surface area contributed by atoms with Gasteiger partial charge in [0.25, 0.3) is 10.1 Å². The molecule has 0 spiro atoms. The quantitative estimate of drug-likeness (QED) is 0.234. The Morgan fingerprint density at radius 3 is 2.19 bits per heavy atom. The second-order valence-corrected chi connectivity index (χ2v) is 9.18. The van der Waals surface area contributed by atoms with Crippen LogP contribution in [0.4, 0.5) is 0 Å². The van der Waals surface area contributed by atoms with Crippen molar-refractivity contribution in [3.8, 4) is 0 Å². The Labute approximate surface area is 182 Å². The number of carbonyl (C=O) groups is 3. The van der Waals surface area contributed by atoms with Gasteiger partial charge in [-0.2, -0.15) is 8.42 Å². The number of nitrogens with two attached hydrogens (primary N) is 1. The van der Waals surface area contributed by atoms with Crippen molar-refractivity contribution in [3.05, 3.63) is 0 Å². The largest absolute Gasteiger partial charge is 0.458 e. The molecule has 6 atom stereocenters. The van der Waals surface area contributed by atoms with Crippen LogP contribution >= 0.6 is 0 Å². The minimum atomic E-state index is -4.07. The third-order valence-electron chi connectivity index (χ3n) is 4.94. The van der Waals surface area contributed by atoms with E-state index in [1.54, 1.807) is 0 Å². The first kappa shape index (κ1) is 27.4. The summed E-state index contributed by atoms with van der Waals surface area (Å²) in [5.74, 6) is -2.20. The van der Waals surface area contributed by atoms with E-state index in [0.717, 1.165) is 0 Å². The Hall–Kier alpha value is -1.60. The summed E-state index contributed by atoms with van der Waals surface area (Å²) < 4.78 is 52.4. The fraction of sp³-hybridized carbons (Fsp3) is 0.842. The van der Waals surface area contributed by atoms with Gasteiger partial charge in [-0.15, -0.1) is 0 Å². The van der Waals surface area contributed by atoms with Crippen molar-refractivity contribution in [1.82, 2.24) is 0 Å². The molecular weight excluding hydrogens is 434 g/mol. The molecule has 180 valence electrons. The van der Waals surface area contributed by atoms with Crippen LogP contribution in [0.15, 0.2) is 0 Å². The van der Waals surface area contributed by atoms with Gasteiger partial charge in [-0.05, 0) is 19.3 Å². The van der Waals surface area contributed by atoms with Gasteiger partial charge in [-0.1, -0.05) is 13.8 Å². The summed E-state index contributed by atoms with van der Waals surface area (Å²) in [6.45, 7) is 5.92. The lowest BCUT2D eigenvalue weighted by atomic mass is 9.89. The molecule has 12 heteroatoms. The molecule has 1 rings (SSSR count). The predicted octanol–water partition coefficient (Wildman–Crippen LogP) is 0.592. The summed E-state index contributed by atoms with van der Waals surface area (Å²) in [7, 11) is -4.07. The van der Waals surface area contributed by atoms with Crippen LogP contribution in [0.1, 0.15) is 53.4 Å². The number of ketones is 1. The summed E-state index contributed by atoms with van der Waals surface area (Å²) in [4.78, 5) is 35.3. The maximum absolute atomic E-state index is 12.2. The Balaban J connectivity index is 2.76. The van der Waals surface area contributed by atoms with Crippen LogP contribution in [0, 0.1) is 5.92 Å². The van der Waals surface area contributed by atoms with Crippen LogP contribution in [0.3, 0.4) is 0 Å². The van der Waals surface area contributed by atoms with Crippen molar-refractivity contribution in [3.63, 3.8) is 0 Å². The zero-order chi connectivity index (χ0) is 23.8. The monoisotopic (exact) mass is 467 g/mol. The van der Waals surface area contributed by atoms with Crippen molar-refractivity contribution in [2.45, 2.75) is 84.0 Å². The van der Waals surface area contributed by atoms with Crippen molar-refractivity contribution >= 4 is 27.8 Å². The van der Waals surface area contributed by atoms with Gasteiger partial charge in [0.15, 0.2) is 18.2 Å². The smallest absolute Gasteiger partial charge is 0.303 e. The maximum atomic E-state index is 12.2. The Morgan fingerprint density at radius 1 is 1.10 bits per heavy atom. The molecule has 31 heavy (non-hydrogen) atoms. The van der Waals surface area contributed by atoms with E-state index in [1.165, 1.54) is 13.8 Å². The molecule has 1 unspecified atom stereocenters. The first-order valence-corrected chi connectivity index (χ1v) is 11.8. The van der Waals surface area contributed by atoms with Gasteiger partial charge in [-0.3, -0.25) is 18.9 Å². The third kappa shape index (κ3) is 9.60. The molecule has 11 nitrogen and oxygen atoms in total. The van der Waals surface area contributed by atoms with E-state index in [1.807, 2.05) is 13.8 Å². The molecule has 1 aliphatic heterocycles. The lowest BCUT2D eigenvalue weighted by molar-refractivity contribution is -0.290. The SMILES string of the molecule is CC[C@H]1OC(OC[C@H](N)C(=O)CCCCS(=O)(=O)O)[C@H](OC(C)=O)[C@@H](OC(C)=O)[C@@H]1C. The summed E-state index contributed by atoms with van der Waals surface area (Å²) >= 11 is 0. The van der Waals surface area contributed by atoms with Gasteiger partial charge < -0.3 is 24.7 Å². The molecule has 1 saturated heterocycles. The number of hydrogen-bond acceptors (Lipinski definition) is 10. The average molecular weight is 468 g/mol. The summed E-state index contributed by atoms with van der Waals surface area (Å²) in [6, 6.07) is -1.01. The molecule has 3 N–H and O–H groups in total. The number of esters is 2. The van der Waals surface area contributed by atoms with Crippen LogP contribution in [-0.2, 0) is 43.4 Å². The molecule has 0 radical (unpaired) electrons. The van der Waals surface area contributed by atoms with Gasteiger partial charge in [0.05, 0.1) is 24.5 Å². The molecular formula is C19H33NO10S. The molecule has 1 aliphatic rings. The van der Waals surface area contributed by atoms with Crippen LogP contribution < -0.4 is 5.73 Å². The highest BCUT2D eigenvalue weighted by Crippen LogP contribution is 2.32. The van der Waals surface area contributed by atoms with Gasteiger partial charge in [0.1, 0.15) is 6.10 Å². The fourth-order valence-corrected chi connectivity index (χ4v) is 3.95. The second-order valence-electron chi connectivity index (χ2n) is 7.61.